The molecular formula is C16H15N5S. The highest BCUT2D eigenvalue weighted by molar-refractivity contribution is 7.21. The fraction of sp³-hybridized carbons (Fsp3) is 0.125. The van der Waals surface area contributed by atoms with E-state index in [9.17, 15) is 0 Å². The predicted octanol–water partition coefficient (Wildman–Crippen LogP) is 5.13. The Labute approximate surface area is 132 Å². The van der Waals surface area contributed by atoms with Crippen molar-refractivity contribution in [1.82, 2.24) is 4.98 Å². The van der Waals surface area contributed by atoms with Crippen LogP contribution in [0.5, 0.6) is 0 Å². The van der Waals surface area contributed by atoms with Crippen LogP contribution in [0.15, 0.2) is 63.9 Å². The van der Waals surface area contributed by atoms with E-state index >= 15 is 0 Å². The number of fused-ring (bicyclic) bond motifs is 1. The van der Waals surface area contributed by atoms with Gasteiger partial charge in [-0.3, -0.25) is 5.43 Å². The van der Waals surface area contributed by atoms with E-state index in [2.05, 4.69) is 25.7 Å². The van der Waals surface area contributed by atoms with Gasteiger partial charge in [-0.25, -0.2) is 4.98 Å². The molecule has 0 aliphatic rings. The van der Waals surface area contributed by atoms with Gasteiger partial charge in [-0.05, 0) is 37.6 Å². The number of benzene rings is 2. The van der Waals surface area contributed by atoms with Crippen molar-refractivity contribution in [3.63, 3.8) is 0 Å². The Morgan fingerprint density at radius 2 is 1.86 bits per heavy atom. The van der Waals surface area contributed by atoms with Crippen molar-refractivity contribution in [3.8, 4) is 0 Å². The van der Waals surface area contributed by atoms with E-state index in [-0.39, 0.29) is 0 Å². The Morgan fingerprint density at radius 3 is 2.68 bits per heavy atom. The molecule has 0 unspecified atom stereocenters. The average molecular weight is 309 g/mol. The van der Waals surface area contributed by atoms with Gasteiger partial charge in [0.2, 0.25) is 5.13 Å². The third-order valence-electron chi connectivity index (χ3n) is 3.05. The summed E-state index contributed by atoms with van der Waals surface area (Å²) in [6.45, 7) is 3.82. The third-order valence-corrected chi connectivity index (χ3v) is 3.97. The second-order valence-electron chi connectivity index (χ2n) is 4.75. The zero-order chi connectivity index (χ0) is 15.4. The minimum absolute atomic E-state index is 0.544. The van der Waals surface area contributed by atoms with Crippen molar-refractivity contribution in [1.29, 1.82) is 0 Å². The molecule has 2 aromatic carbocycles. The molecule has 3 rings (SSSR count). The van der Waals surface area contributed by atoms with Crippen LogP contribution in [0.1, 0.15) is 12.5 Å². The molecule has 5 nitrogen and oxygen atoms in total. The Morgan fingerprint density at radius 1 is 1.09 bits per heavy atom. The number of amidine groups is 1. The van der Waals surface area contributed by atoms with E-state index < -0.39 is 0 Å². The van der Waals surface area contributed by atoms with Crippen LogP contribution in [0.4, 0.5) is 10.8 Å². The summed E-state index contributed by atoms with van der Waals surface area (Å²) in [6, 6.07) is 15.9. The number of hydrogen-bond acceptors (Lipinski definition) is 5. The molecule has 22 heavy (non-hydrogen) atoms. The first-order chi connectivity index (χ1) is 10.7. The van der Waals surface area contributed by atoms with Gasteiger partial charge >= 0.3 is 0 Å². The summed E-state index contributed by atoms with van der Waals surface area (Å²) in [5.74, 6) is 0.544. The molecule has 0 atom stereocenters. The maximum absolute atomic E-state index is 4.40. The highest BCUT2D eigenvalue weighted by Crippen LogP contribution is 2.27. The first-order valence-corrected chi connectivity index (χ1v) is 7.67. The average Bonchev–Trinajstić information content (AvgIpc) is 2.95. The molecule has 1 heterocycles. The fourth-order valence-electron chi connectivity index (χ4n) is 1.88. The normalized spacial score (nSPS) is 12.2. The molecule has 0 bridgehead atoms. The van der Waals surface area contributed by atoms with Crippen LogP contribution in [0.3, 0.4) is 0 Å². The summed E-state index contributed by atoms with van der Waals surface area (Å²) in [4.78, 5) is 4.40. The van der Waals surface area contributed by atoms with Crippen LogP contribution >= 0.6 is 11.3 Å². The molecule has 6 heteroatoms. The van der Waals surface area contributed by atoms with E-state index in [4.69, 9.17) is 0 Å². The van der Waals surface area contributed by atoms with Crippen LogP contribution in [-0.4, -0.2) is 10.8 Å². The summed E-state index contributed by atoms with van der Waals surface area (Å²) < 4.78 is 1.10. The zero-order valence-electron chi connectivity index (χ0n) is 12.3. The van der Waals surface area contributed by atoms with E-state index in [1.807, 2.05) is 55.5 Å². The third kappa shape index (κ3) is 3.35. The van der Waals surface area contributed by atoms with Crippen molar-refractivity contribution >= 4 is 38.2 Å². The number of aromatic nitrogens is 1. The summed E-state index contributed by atoms with van der Waals surface area (Å²) in [7, 11) is 0. The van der Waals surface area contributed by atoms with Crippen molar-refractivity contribution in [2.75, 3.05) is 5.43 Å². The number of azo groups is 1. The predicted molar refractivity (Wildman–Crippen MR) is 92.0 cm³/mol. The summed E-state index contributed by atoms with van der Waals surface area (Å²) in [6.07, 6.45) is 0. The molecule has 1 aromatic heterocycles. The number of hydrogen-bond donors (Lipinski definition) is 1. The maximum atomic E-state index is 4.40. The smallest absolute Gasteiger partial charge is 0.231 e. The lowest BCUT2D eigenvalue weighted by Crippen LogP contribution is -1.95. The minimum atomic E-state index is 0.544. The van der Waals surface area contributed by atoms with Gasteiger partial charge in [-0.1, -0.05) is 41.7 Å². The second kappa shape index (κ2) is 6.44. The number of rotatable bonds is 3. The molecule has 0 radical (unpaired) electrons. The fourth-order valence-corrected chi connectivity index (χ4v) is 2.67. The van der Waals surface area contributed by atoms with Crippen molar-refractivity contribution in [3.05, 3.63) is 54.1 Å². The number of nitrogens with zero attached hydrogens (tertiary/aromatic N) is 4. The minimum Gasteiger partial charge on any atom is -0.276 e. The molecule has 0 fully saturated rings. The quantitative estimate of drug-likeness (QED) is 0.315. The largest absolute Gasteiger partial charge is 0.276 e. The molecule has 3 aromatic rings. The van der Waals surface area contributed by atoms with Crippen LogP contribution in [0, 0.1) is 6.92 Å². The van der Waals surface area contributed by atoms with Crippen molar-refractivity contribution < 1.29 is 0 Å². The van der Waals surface area contributed by atoms with Crippen LogP contribution in [0.2, 0.25) is 0 Å². The van der Waals surface area contributed by atoms with Crippen molar-refractivity contribution in [2.24, 2.45) is 15.3 Å². The number of hydrazone groups is 1. The molecule has 1 N–H and O–H groups in total. The Hall–Kier alpha value is -2.60. The second-order valence-corrected chi connectivity index (χ2v) is 5.76. The molecule has 0 aliphatic heterocycles. The lowest BCUT2D eigenvalue weighted by atomic mass is 10.2. The molecule has 0 aliphatic carbocycles. The van der Waals surface area contributed by atoms with E-state index in [0.29, 0.717) is 11.0 Å². The zero-order valence-corrected chi connectivity index (χ0v) is 13.1. The Balaban J connectivity index is 1.71. The van der Waals surface area contributed by atoms with Crippen LogP contribution in [0.25, 0.3) is 10.2 Å². The lowest BCUT2D eigenvalue weighted by Gasteiger charge is -2.03. The van der Waals surface area contributed by atoms with Crippen molar-refractivity contribution in [2.45, 2.75) is 13.8 Å². The summed E-state index contributed by atoms with van der Waals surface area (Å²) in [5.41, 5.74) is 6.01. The molecule has 0 amide bonds. The van der Waals surface area contributed by atoms with Gasteiger partial charge in [0.1, 0.15) is 0 Å². The summed E-state index contributed by atoms with van der Waals surface area (Å²) in [5, 5.41) is 13.1. The highest BCUT2D eigenvalue weighted by Gasteiger charge is 2.01. The van der Waals surface area contributed by atoms with Crippen LogP contribution in [-0.2, 0) is 0 Å². The van der Waals surface area contributed by atoms with Gasteiger partial charge in [0.05, 0.1) is 15.9 Å². The number of para-hydroxylation sites is 2. The Bertz CT molecular complexity index is 817. The number of aryl methyl sites for hydroxylation is 1. The first-order valence-electron chi connectivity index (χ1n) is 6.85. The van der Waals surface area contributed by atoms with Gasteiger partial charge in [0.25, 0.3) is 0 Å². The van der Waals surface area contributed by atoms with E-state index in [0.717, 1.165) is 21.5 Å². The molecule has 0 spiro atoms. The molecule has 0 saturated heterocycles. The highest BCUT2D eigenvalue weighted by atomic mass is 32.1. The molecule has 110 valence electrons. The summed E-state index contributed by atoms with van der Waals surface area (Å²) >= 11 is 1.51. The lowest BCUT2D eigenvalue weighted by molar-refractivity contribution is 1.20. The van der Waals surface area contributed by atoms with Gasteiger partial charge < -0.3 is 0 Å². The Kier molecular flexibility index (Phi) is 4.20. The van der Waals surface area contributed by atoms with E-state index in [1.54, 1.807) is 6.92 Å². The molecular weight excluding hydrogens is 294 g/mol. The van der Waals surface area contributed by atoms with Gasteiger partial charge in [-0.15, -0.1) is 10.2 Å². The van der Waals surface area contributed by atoms with Gasteiger partial charge in [-0.2, -0.15) is 5.10 Å². The maximum Gasteiger partial charge on any atom is 0.231 e. The number of thiazole rings is 1. The number of anilines is 1. The van der Waals surface area contributed by atoms with Crippen LogP contribution < -0.4 is 5.43 Å². The standard InChI is InChI=1S/C16H15N5S/c1-11-7-3-4-8-13(11)20-18-12(2)19-21-16-17-14-9-5-6-10-15(14)22-16/h3-10,20H,1-2H3. The SMILES string of the molecule is CC(N=Nc1nc2ccccc2s1)=NNc1ccccc1C. The van der Waals surface area contributed by atoms with Gasteiger partial charge in [0, 0.05) is 0 Å². The first kappa shape index (κ1) is 14.3. The number of nitrogens with one attached hydrogen (secondary N) is 1. The topological polar surface area (TPSA) is 62.0 Å². The van der Waals surface area contributed by atoms with E-state index in [1.165, 1.54) is 11.3 Å². The van der Waals surface area contributed by atoms with Gasteiger partial charge in [0.15, 0.2) is 5.84 Å². The monoisotopic (exact) mass is 309 g/mol. The molecule has 0 saturated carbocycles.